The van der Waals surface area contributed by atoms with Crippen LogP contribution in [0.2, 0.25) is 0 Å². The number of hydrogen-bond acceptors (Lipinski definition) is 2. The van der Waals surface area contributed by atoms with Gasteiger partial charge in [-0.15, -0.1) is 0 Å². The Bertz CT molecular complexity index is 377. The fraction of sp³-hybridized carbons (Fsp3) is 0.882. The van der Waals surface area contributed by atoms with E-state index in [1.54, 1.807) is 0 Å². The topological polar surface area (TPSA) is 0 Å². The average Bonchev–Trinajstić information content (AvgIpc) is 3.03. The minimum atomic E-state index is 0.648. The van der Waals surface area contributed by atoms with Crippen LogP contribution in [0, 0.1) is 35.5 Å². The van der Waals surface area contributed by atoms with Crippen LogP contribution in [0.1, 0.15) is 44.9 Å². The Hall–Kier alpha value is 0.440. The maximum absolute atomic E-state index is 5.05. The van der Waals surface area contributed by atoms with Crippen LogP contribution in [0.3, 0.4) is 0 Å². The second kappa shape index (κ2) is 5.02. The van der Waals surface area contributed by atoms with Crippen LogP contribution in [0.15, 0.2) is 12.2 Å². The van der Waals surface area contributed by atoms with Gasteiger partial charge in [-0.05, 0) is 67.6 Å². The highest BCUT2D eigenvalue weighted by Crippen LogP contribution is 2.64. The SMILES string of the molecule is SC1CCCCC(S)C2C(C1)C1CC2C2CC=CC12. The van der Waals surface area contributed by atoms with Crippen molar-refractivity contribution in [1.82, 2.24) is 0 Å². The monoisotopic (exact) mass is 294 g/mol. The fourth-order valence-electron chi connectivity index (χ4n) is 6.03. The molecule has 0 aromatic heterocycles. The molecule has 0 heterocycles. The number of rotatable bonds is 0. The number of thiol groups is 2. The highest BCUT2D eigenvalue weighted by Gasteiger charge is 2.58. The van der Waals surface area contributed by atoms with Gasteiger partial charge in [-0.2, -0.15) is 25.3 Å². The summed E-state index contributed by atoms with van der Waals surface area (Å²) in [6.07, 6.45) is 14.7. The molecule has 106 valence electrons. The van der Waals surface area contributed by atoms with Crippen LogP contribution >= 0.6 is 25.3 Å². The summed E-state index contributed by atoms with van der Waals surface area (Å²) >= 11 is 9.93. The summed E-state index contributed by atoms with van der Waals surface area (Å²) in [6, 6.07) is 0. The molecule has 4 aliphatic carbocycles. The molecule has 0 amide bonds. The summed E-state index contributed by atoms with van der Waals surface area (Å²) < 4.78 is 0. The lowest BCUT2D eigenvalue weighted by molar-refractivity contribution is 0.121. The molecule has 4 aliphatic rings. The predicted molar refractivity (Wildman–Crippen MR) is 87.9 cm³/mol. The fourth-order valence-corrected chi connectivity index (χ4v) is 7.08. The third-order valence-corrected chi connectivity index (χ3v) is 7.74. The van der Waals surface area contributed by atoms with E-state index in [9.17, 15) is 0 Å². The van der Waals surface area contributed by atoms with Gasteiger partial charge in [0, 0.05) is 10.5 Å². The van der Waals surface area contributed by atoms with Crippen molar-refractivity contribution in [3.63, 3.8) is 0 Å². The van der Waals surface area contributed by atoms with Crippen molar-refractivity contribution in [2.75, 3.05) is 0 Å². The normalized spacial score (nSPS) is 56.3. The number of fused-ring (bicyclic) bond motifs is 8. The summed E-state index contributed by atoms with van der Waals surface area (Å²) in [7, 11) is 0. The van der Waals surface area contributed by atoms with Gasteiger partial charge in [-0.25, -0.2) is 0 Å². The molecule has 2 heteroatoms. The standard InChI is InChI=1S/C17H26S2/c18-10-4-1-2-7-16(19)17-14(8-10)13-9-15(17)12-6-3-5-11(12)13/h3,5,10-19H,1-2,4,6-9H2. The first-order valence-corrected chi connectivity index (χ1v) is 9.32. The molecule has 0 aliphatic heterocycles. The zero-order valence-electron chi connectivity index (χ0n) is 11.6. The van der Waals surface area contributed by atoms with Gasteiger partial charge >= 0.3 is 0 Å². The first-order valence-electron chi connectivity index (χ1n) is 8.28. The molecular formula is C17H26S2. The van der Waals surface area contributed by atoms with Crippen molar-refractivity contribution in [2.24, 2.45) is 35.5 Å². The van der Waals surface area contributed by atoms with Crippen molar-refractivity contribution >= 4 is 25.3 Å². The summed E-state index contributed by atoms with van der Waals surface area (Å²) in [5.41, 5.74) is 0. The quantitative estimate of drug-likeness (QED) is 0.472. The largest absolute Gasteiger partial charge is 0.176 e. The van der Waals surface area contributed by atoms with Gasteiger partial charge in [0.1, 0.15) is 0 Å². The van der Waals surface area contributed by atoms with E-state index in [0.29, 0.717) is 10.5 Å². The third-order valence-electron chi connectivity index (χ3n) is 6.66. The van der Waals surface area contributed by atoms with Crippen LogP contribution in [0.25, 0.3) is 0 Å². The van der Waals surface area contributed by atoms with E-state index < -0.39 is 0 Å². The van der Waals surface area contributed by atoms with Gasteiger partial charge in [0.15, 0.2) is 0 Å². The first-order chi connectivity index (χ1) is 9.25. The Labute approximate surface area is 128 Å². The molecule has 0 nitrogen and oxygen atoms in total. The summed E-state index contributed by atoms with van der Waals surface area (Å²) in [5.74, 6) is 5.70. The Kier molecular flexibility index (Phi) is 3.47. The van der Waals surface area contributed by atoms with E-state index >= 15 is 0 Å². The molecule has 8 unspecified atom stereocenters. The second-order valence-corrected chi connectivity index (χ2v) is 8.84. The smallest absolute Gasteiger partial charge is 0.00505 e. The molecule has 0 N–H and O–H groups in total. The molecule has 8 atom stereocenters. The van der Waals surface area contributed by atoms with E-state index in [-0.39, 0.29) is 0 Å². The van der Waals surface area contributed by atoms with Crippen molar-refractivity contribution < 1.29 is 0 Å². The molecule has 0 saturated heterocycles. The lowest BCUT2D eigenvalue weighted by Crippen LogP contribution is -2.38. The molecule has 0 radical (unpaired) electrons. The van der Waals surface area contributed by atoms with Gasteiger partial charge in [-0.1, -0.05) is 25.0 Å². The minimum absolute atomic E-state index is 0.648. The maximum atomic E-state index is 5.05. The number of hydrogen-bond donors (Lipinski definition) is 2. The van der Waals surface area contributed by atoms with Gasteiger partial charge in [0.25, 0.3) is 0 Å². The highest BCUT2D eigenvalue weighted by molar-refractivity contribution is 7.81. The van der Waals surface area contributed by atoms with Gasteiger partial charge in [-0.3, -0.25) is 0 Å². The Morgan fingerprint density at radius 1 is 0.842 bits per heavy atom. The van der Waals surface area contributed by atoms with E-state index in [1.165, 1.54) is 44.9 Å². The van der Waals surface area contributed by atoms with Crippen LogP contribution in [0.5, 0.6) is 0 Å². The van der Waals surface area contributed by atoms with E-state index in [2.05, 4.69) is 12.2 Å². The molecule has 0 spiro atoms. The van der Waals surface area contributed by atoms with Crippen LogP contribution in [-0.2, 0) is 0 Å². The van der Waals surface area contributed by atoms with E-state index in [4.69, 9.17) is 25.3 Å². The van der Waals surface area contributed by atoms with Gasteiger partial charge in [0.05, 0.1) is 0 Å². The molecule has 3 fully saturated rings. The molecular weight excluding hydrogens is 268 g/mol. The molecule has 0 aromatic rings. The Morgan fingerprint density at radius 2 is 1.63 bits per heavy atom. The van der Waals surface area contributed by atoms with Crippen molar-refractivity contribution in [1.29, 1.82) is 0 Å². The van der Waals surface area contributed by atoms with E-state index in [0.717, 1.165) is 35.5 Å². The molecule has 3 saturated carbocycles. The highest BCUT2D eigenvalue weighted by atomic mass is 32.1. The van der Waals surface area contributed by atoms with Crippen LogP contribution in [-0.4, -0.2) is 10.5 Å². The molecule has 19 heavy (non-hydrogen) atoms. The zero-order chi connectivity index (χ0) is 13.0. The van der Waals surface area contributed by atoms with Crippen molar-refractivity contribution in [2.45, 2.75) is 55.4 Å². The maximum Gasteiger partial charge on any atom is 0.00505 e. The Balaban J connectivity index is 1.63. The summed E-state index contributed by atoms with van der Waals surface area (Å²) in [6.45, 7) is 0. The molecule has 4 rings (SSSR count). The summed E-state index contributed by atoms with van der Waals surface area (Å²) in [4.78, 5) is 0. The van der Waals surface area contributed by atoms with E-state index in [1.807, 2.05) is 0 Å². The first kappa shape index (κ1) is 13.1. The summed E-state index contributed by atoms with van der Waals surface area (Å²) in [5, 5.41) is 1.31. The van der Waals surface area contributed by atoms with Crippen molar-refractivity contribution in [3.05, 3.63) is 12.2 Å². The van der Waals surface area contributed by atoms with Gasteiger partial charge < -0.3 is 0 Å². The Morgan fingerprint density at radius 3 is 2.53 bits per heavy atom. The molecule has 2 bridgehead atoms. The zero-order valence-corrected chi connectivity index (χ0v) is 13.4. The van der Waals surface area contributed by atoms with Crippen molar-refractivity contribution in [3.8, 4) is 0 Å². The average molecular weight is 295 g/mol. The minimum Gasteiger partial charge on any atom is -0.176 e. The van der Waals surface area contributed by atoms with Crippen LogP contribution < -0.4 is 0 Å². The number of allylic oxidation sites excluding steroid dienone is 2. The lowest BCUT2D eigenvalue weighted by atomic mass is 9.66. The second-order valence-electron chi connectivity index (χ2n) is 7.45. The van der Waals surface area contributed by atoms with Crippen LogP contribution in [0.4, 0.5) is 0 Å². The third kappa shape index (κ3) is 2.04. The molecule has 0 aromatic carbocycles. The lowest BCUT2D eigenvalue weighted by Gasteiger charge is -2.41. The van der Waals surface area contributed by atoms with Gasteiger partial charge in [0.2, 0.25) is 0 Å². The predicted octanol–water partition coefficient (Wildman–Crippen LogP) is 4.62.